The normalized spacial score (nSPS) is 26.3. The highest BCUT2D eigenvalue weighted by atomic mass is 16.6. The number of rotatable bonds is 1. The van der Waals surface area contributed by atoms with Gasteiger partial charge < -0.3 is 9.84 Å². The van der Waals surface area contributed by atoms with Crippen molar-refractivity contribution in [2.45, 2.75) is 18.9 Å². The summed E-state index contributed by atoms with van der Waals surface area (Å²) in [7, 11) is 0. The average Bonchev–Trinajstić information content (AvgIpc) is 1.95. The maximum absolute atomic E-state index is 10.5. The number of carbonyl (C=O) groups is 2. The fourth-order valence-electron chi connectivity index (χ4n) is 0.799. The summed E-state index contributed by atoms with van der Waals surface area (Å²) in [6.45, 7) is -0.195. The number of cyclic esters (lactones) is 1. The van der Waals surface area contributed by atoms with Crippen molar-refractivity contribution in [1.29, 1.82) is 0 Å². The van der Waals surface area contributed by atoms with Crippen LogP contribution in [-0.2, 0) is 14.3 Å². The Labute approximate surface area is 57.8 Å². The number of ether oxygens (including phenoxy) is 1. The Morgan fingerprint density at radius 1 is 1.60 bits per heavy atom. The van der Waals surface area contributed by atoms with Crippen molar-refractivity contribution in [1.82, 2.24) is 0 Å². The Kier molecular flexibility index (Phi) is 2.01. The molecule has 1 saturated heterocycles. The summed E-state index contributed by atoms with van der Waals surface area (Å²) in [6, 6.07) is 0. The van der Waals surface area contributed by atoms with E-state index in [4.69, 9.17) is 5.11 Å². The molecule has 1 N–H and O–H groups in total. The quantitative estimate of drug-likeness (QED) is 0.388. The van der Waals surface area contributed by atoms with Crippen molar-refractivity contribution in [2.75, 3.05) is 6.61 Å². The molecule has 0 aromatic rings. The summed E-state index contributed by atoms with van der Waals surface area (Å²) in [5.41, 5.74) is 0. The van der Waals surface area contributed by atoms with Crippen molar-refractivity contribution >= 4 is 11.8 Å². The molecule has 1 rings (SSSR count). The summed E-state index contributed by atoms with van der Waals surface area (Å²) >= 11 is 0. The lowest BCUT2D eigenvalue weighted by Gasteiger charge is -2.18. The number of aliphatic hydroxyl groups is 1. The van der Waals surface area contributed by atoms with Crippen LogP contribution in [0.2, 0.25) is 0 Å². The van der Waals surface area contributed by atoms with Crippen LogP contribution in [0.1, 0.15) is 12.8 Å². The van der Waals surface area contributed by atoms with Gasteiger partial charge >= 0.3 is 5.97 Å². The Morgan fingerprint density at radius 3 is 2.80 bits per heavy atom. The first-order valence-corrected chi connectivity index (χ1v) is 3.08. The van der Waals surface area contributed by atoms with Gasteiger partial charge in [0.25, 0.3) is 0 Å². The smallest absolute Gasteiger partial charge is 0.374 e. The van der Waals surface area contributed by atoms with Crippen LogP contribution in [0.4, 0.5) is 0 Å². The molecule has 1 unspecified atom stereocenters. The first kappa shape index (κ1) is 7.21. The molecule has 1 aliphatic rings. The summed E-state index contributed by atoms with van der Waals surface area (Å²) < 4.78 is 4.51. The summed E-state index contributed by atoms with van der Waals surface area (Å²) in [6.07, 6.45) is 0.177. The zero-order chi connectivity index (χ0) is 7.56. The van der Waals surface area contributed by atoms with Crippen LogP contribution in [0, 0.1) is 0 Å². The maximum Gasteiger partial charge on any atom is 0.374 e. The van der Waals surface area contributed by atoms with Gasteiger partial charge in [-0.1, -0.05) is 0 Å². The molecular formula is C6H8O4. The molecule has 1 fully saturated rings. The van der Waals surface area contributed by atoms with Crippen LogP contribution in [-0.4, -0.2) is 29.6 Å². The highest BCUT2D eigenvalue weighted by Crippen LogP contribution is 2.10. The third-order valence-corrected chi connectivity index (χ3v) is 1.40. The van der Waals surface area contributed by atoms with E-state index in [9.17, 15) is 9.59 Å². The van der Waals surface area contributed by atoms with Crippen molar-refractivity contribution in [3.8, 4) is 0 Å². The molecule has 56 valence electrons. The van der Waals surface area contributed by atoms with Gasteiger partial charge in [0.05, 0.1) is 6.61 Å². The predicted molar refractivity (Wildman–Crippen MR) is 31.2 cm³/mol. The molecule has 0 saturated carbocycles. The maximum atomic E-state index is 10.5. The fraction of sp³-hybridized carbons (Fsp3) is 0.667. The topological polar surface area (TPSA) is 63.6 Å². The molecule has 1 heterocycles. The van der Waals surface area contributed by atoms with Gasteiger partial charge in [-0.05, 0) is 6.42 Å². The summed E-state index contributed by atoms with van der Waals surface area (Å²) in [5, 5.41) is 8.51. The SMILES string of the molecule is O=C1CCC(CO)OC1=O. The molecule has 0 aromatic heterocycles. The number of Topliss-reactive ketones (excluding diaryl/α,β-unsaturated/α-hetero) is 1. The van der Waals surface area contributed by atoms with Gasteiger partial charge in [0.15, 0.2) is 0 Å². The molecule has 0 aliphatic carbocycles. The molecule has 10 heavy (non-hydrogen) atoms. The van der Waals surface area contributed by atoms with E-state index in [-0.39, 0.29) is 13.0 Å². The van der Waals surface area contributed by atoms with E-state index < -0.39 is 17.9 Å². The number of hydrogen-bond acceptors (Lipinski definition) is 4. The molecule has 4 heteroatoms. The highest BCUT2D eigenvalue weighted by Gasteiger charge is 2.26. The zero-order valence-electron chi connectivity index (χ0n) is 5.37. The zero-order valence-corrected chi connectivity index (χ0v) is 5.37. The molecule has 1 aliphatic heterocycles. The minimum Gasteiger partial charge on any atom is -0.454 e. The number of hydrogen-bond donors (Lipinski definition) is 1. The van der Waals surface area contributed by atoms with Crippen molar-refractivity contribution in [2.24, 2.45) is 0 Å². The Morgan fingerprint density at radius 2 is 2.30 bits per heavy atom. The third-order valence-electron chi connectivity index (χ3n) is 1.40. The third kappa shape index (κ3) is 1.33. The van der Waals surface area contributed by atoms with Crippen LogP contribution in [0.3, 0.4) is 0 Å². The standard InChI is InChI=1S/C6H8O4/c7-3-4-1-2-5(8)6(9)10-4/h4,7H,1-3H2. The molecule has 0 aromatic carbocycles. The van der Waals surface area contributed by atoms with Gasteiger partial charge in [-0.15, -0.1) is 0 Å². The second-order valence-corrected chi connectivity index (χ2v) is 2.17. The minimum absolute atomic E-state index is 0.195. The molecule has 0 radical (unpaired) electrons. The van der Waals surface area contributed by atoms with E-state index in [1.807, 2.05) is 0 Å². The number of ketones is 1. The first-order valence-electron chi connectivity index (χ1n) is 3.08. The Hall–Kier alpha value is -0.900. The average molecular weight is 144 g/mol. The molecule has 1 atom stereocenters. The van der Waals surface area contributed by atoms with Crippen LogP contribution in [0.5, 0.6) is 0 Å². The number of carbonyl (C=O) groups excluding carboxylic acids is 2. The van der Waals surface area contributed by atoms with E-state index in [2.05, 4.69) is 4.74 Å². The van der Waals surface area contributed by atoms with Gasteiger partial charge in [0, 0.05) is 6.42 Å². The van der Waals surface area contributed by atoms with Gasteiger partial charge in [0.2, 0.25) is 5.78 Å². The largest absolute Gasteiger partial charge is 0.454 e. The summed E-state index contributed by atoms with van der Waals surface area (Å²) in [5.74, 6) is -1.31. The van der Waals surface area contributed by atoms with Crippen LogP contribution >= 0.6 is 0 Å². The Balaban J connectivity index is 2.48. The number of esters is 1. The van der Waals surface area contributed by atoms with Gasteiger partial charge in [-0.25, -0.2) is 4.79 Å². The van der Waals surface area contributed by atoms with Crippen molar-refractivity contribution in [3.63, 3.8) is 0 Å². The van der Waals surface area contributed by atoms with Crippen LogP contribution in [0.25, 0.3) is 0 Å². The van der Waals surface area contributed by atoms with E-state index >= 15 is 0 Å². The fourth-order valence-corrected chi connectivity index (χ4v) is 0.799. The second kappa shape index (κ2) is 2.79. The van der Waals surface area contributed by atoms with Gasteiger partial charge in [0.1, 0.15) is 6.10 Å². The van der Waals surface area contributed by atoms with E-state index in [1.54, 1.807) is 0 Å². The molecule has 0 spiro atoms. The summed E-state index contributed by atoms with van der Waals surface area (Å²) in [4.78, 5) is 21.0. The van der Waals surface area contributed by atoms with Gasteiger partial charge in [-0.3, -0.25) is 4.79 Å². The van der Waals surface area contributed by atoms with E-state index in [1.165, 1.54) is 0 Å². The van der Waals surface area contributed by atoms with Crippen LogP contribution < -0.4 is 0 Å². The molecule has 4 nitrogen and oxygen atoms in total. The van der Waals surface area contributed by atoms with Crippen molar-refractivity contribution in [3.05, 3.63) is 0 Å². The monoisotopic (exact) mass is 144 g/mol. The lowest BCUT2D eigenvalue weighted by molar-refractivity contribution is -0.164. The number of aliphatic hydroxyl groups excluding tert-OH is 1. The minimum atomic E-state index is -0.815. The molecule has 0 amide bonds. The van der Waals surface area contributed by atoms with Crippen LogP contribution in [0.15, 0.2) is 0 Å². The lowest BCUT2D eigenvalue weighted by atomic mass is 10.1. The Bertz CT molecular complexity index is 163. The second-order valence-electron chi connectivity index (χ2n) is 2.17. The van der Waals surface area contributed by atoms with Gasteiger partial charge in [-0.2, -0.15) is 0 Å². The molecule has 0 bridgehead atoms. The lowest BCUT2D eigenvalue weighted by Crippen LogP contribution is -2.33. The highest BCUT2D eigenvalue weighted by molar-refractivity contribution is 6.34. The van der Waals surface area contributed by atoms with Crippen molar-refractivity contribution < 1.29 is 19.4 Å². The first-order chi connectivity index (χ1) is 4.74. The predicted octanol–water partition coefficient (Wildman–Crippen LogP) is -0.747. The van der Waals surface area contributed by atoms with E-state index in [0.29, 0.717) is 6.42 Å². The van der Waals surface area contributed by atoms with E-state index in [0.717, 1.165) is 0 Å². The molecular weight excluding hydrogens is 136 g/mol.